The number of hydrogen-bond acceptors (Lipinski definition) is 16. The van der Waals surface area contributed by atoms with E-state index in [1.165, 1.54) is 0 Å². The highest BCUT2D eigenvalue weighted by atomic mass is 16.2. The van der Waals surface area contributed by atoms with Crippen LogP contribution in [0.5, 0.6) is 0 Å². The molecule has 0 saturated carbocycles. The fourth-order valence-electron chi connectivity index (χ4n) is 13.1. The molecule has 8 N–H and O–H groups in total. The van der Waals surface area contributed by atoms with Gasteiger partial charge < -0.3 is 42.5 Å². The SMILES string of the molecule is C[C@H](NC(=O)CN1CCN2CCN(CC(=O)N[C@@H](C)c3ccccc3)CCN(CC1)CC(=O)NCc1ccc(cc1)CNC(=O)CN1CCN(CC(=O)N[C@@H](C)c3ccccc3)CCN(CCN(CC(=O)N[C@@H](C)c3ccccc3)CC1)CC(=O)NCc1ccc(cc1)CNC(=O)C2)c1ccccc1. The van der Waals surface area contributed by atoms with E-state index in [1.54, 1.807) is 0 Å². The van der Waals surface area contributed by atoms with Crippen LogP contribution < -0.4 is 42.5 Å². The number of amides is 8. The quantitative estimate of drug-likeness (QED) is 0.0686. The molecule has 0 aromatic heterocycles. The summed E-state index contributed by atoms with van der Waals surface area (Å²) in [6.07, 6.45) is 0. The molecule has 6 aromatic rings. The van der Waals surface area contributed by atoms with Crippen molar-refractivity contribution in [2.45, 2.75) is 78.0 Å². The van der Waals surface area contributed by atoms with E-state index in [1.807, 2.05) is 198 Å². The molecule has 2 fully saturated rings. The average Bonchev–Trinajstić information content (AvgIpc) is 0.892. The third-order valence-corrected chi connectivity index (χ3v) is 19.5. The molecule has 8 bridgehead atoms. The summed E-state index contributed by atoms with van der Waals surface area (Å²) in [5.41, 5.74) is 7.39. The van der Waals surface area contributed by atoms with Gasteiger partial charge in [0, 0.05) is 131 Å². The highest BCUT2D eigenvalue weighted by Gasteiger charge is 2.27. The van der Waals surface area contributed by atoms with Gasteiger partial charge in [0.05, 0.1) is 76.5 Å². The third-order valence-electron chi connectivity index (χ3n) is 19.5. The molecule has 0 radical (unpaired) electrons. The number of hydrogen-bond donors (Lipinski definition) is 8. The molecule has 0 unspecified atom stereocenters. The Morgan fingerprint density at radius 3 is 0.625 bits per heavy atom. The molecule has 24 nitrogen and oxygen atoms in total. The second-order valence-corrected chi connectivity index (χ2v) is 27.7. The van der Waals surface area contributed by atoms with Crippen LogP contribution in [0, 0.1) is 0 Å². The zero-order valence-electron chi connectivity index (χ0n) is 61.1. The van der Waals surface area contributed by atoms with Gasteiger partial charge in [0.25, 0.3) is 0 Å². The summed E-state index contributed by atoms with van der Waals surface area (Å²) in [5.74, 6) is -1.36. The van der Waals surface area contributed by atoms with Crippen molar-refractivity contribution in [3.8, 4) is 0 Å². The van der Waals surface area contributed by atoms with E-state index < -0.39 is 0 Å². The van der Waals surface area contributed by atoms with Gasteiger partial charge in [-0.15, -0.1) is 0 Å². The largest absolute Gasteiger partial charge is 0.351 e. The predicted molar refractivity (Wildman–Crippen MR) is 404 cm³/mol. The highest BCUT2D eigenvalue weighted by molar-refractivity contribution is 5.81. The summed E-state index contributed by atoms with van der Waals surface area (Å²) in [5, 5.41) is 25.2. The zero-order valence-corrected chi connectivity index (χ0v) is 61.1. The first-order chi connectivity index (χ1) is 50.4. The van der Waals surface area contributed by atoms with Gasteiger partial charge >= 0.3 is 0 Å². The van der Waals surface area contributed by atoms with Gasteiger partial charge in [-0.1, -0.05) is 170 Å². The van der Waals surface area contributed by atoms with E-state index in [0.717, 1.165) is 44.5 Å². The van der Waals surface area contributed by atoms with Crippen LogP contribution in [0.3, 0.4) is 0 Å². The van der Waals surface area contributed by atoms with Crippen LogP contribution in [0.15, 0.2) is 170 Å². The van der Waals surface area contributed by atoms with Crippen LogP contribution in [-0.2, 0) is 64.5 Å². The first kappa shape index (κ1) is 78.9. The molecule has 104 heavy (non-hydrogen) atoms. The number of nitrogens with zero attached hydrogens (tertiary/aromatic N) is 8. The van der Waals surface area contributed by atoms with Crippen molar-refractivity contribution in [3.05, 3.63) is 214 Å². The smallest absolute Gasteiger partial charge is 0.234 e. The van der Waals surface area contributed by atoms with Crippen molar-refractivity contribution in [3.63, 3.8) is 0 Å². The summed E-state index contributed by atoms with van der Waals surface area (Å²) in [7, 11) is 0. The monoisotopic (exact) mass is 1420 g/mol. The minimum absolute atomic E-state index is 0.0598. The lowest BCUT2D eigenvalue weighted by Crippen LogP contribution is -2.51. The molecule has 8 amide bonds. The molecule has 0 spiro atoms. The summed E-state index contributed by atoms with van der Waals surface area (Å²) in [4.78, 5) is 129. The number of benzene rings is 6. The van der Waals surface area contributed by atoms with Crippen molar-refractivity contribution < 1.29 is 38.4 Å². The molecule has 0 aliphatic carbocycles. The van der Waals surface area contributed by atoms with Crippen LogP contribution in [0.4, 0.5) is 0 Å². The summed E-state index contributed by atoms with van der Waals surface area (Å²) < 4.78 is 0. The first-order valence-corrected chi connectivity index (χ1v) is 36.8. The fraction of sp³-hybridized carbons (Fsp3) is 0.450. The van der Waals surface area contributed by atoms with Crippen molar-refractivity contribution >= 4 is 47.3 Å². The fourth-order valence-corrected chi connectivity index (χ4v) is 13.1. The Balaban J connectivity index is 0.940. The Morgan fingerprint density at radius 1 is 0.279 bits per heavy atom. The predicted octanol–water partition coefficient (Wildman–Crippen LogP) is 3.82. The van der Waals surface area contributed by atoms with E-state index >= 15 is 0 Å². The van der Waals surface area contributed by atoms with Crippen molar-refractivity contribution in [1.29, 1.82) is 0 Å². The normalized spacial score (nSPS) is 21.1. The van der Waals surface area contributed by atoms with Crippen molar-refractivity contribution in [1.82, 2.24) is 81.7 Å². The maximum absolute atomic E-state index is 14.1. The molecule has 10 heterocycles. The van der Waals surface area contributed by atoms with E-state index in [2.05, 4.69) is 81.7 Å². The van der Waals surface area contributed by atoms with Crippen LogP contribution in [0.2, 0.25) is 0 Å². The highest BCUT2D eigenvalue weighted by Crippen LogP contribution is 2.17. The first-order valence-electron chi connectivity index (χ1n) is 36.8. The molecular formula is C80H108N16O8. The standard InChI is InChI=1S/C80H108N16O8/c1-61(69-17-9-5-10-18-69)85-77(101)57-93-41-33-89-35-43-94(58-78(102)86-62(2)70-19-11-6-12-20-70)44-36-90(34-42-93)54-74(98)82-50-66-27-31-68(32-28-66)52-84-76(100)56-92-38-46-95(59-79(103)87-63(3)71-21-13-7-14-22-71)45-37-91(55-75(99)83-51-67-29-25-65(26-30-67)49-81-73(97)53-89)39-47-96(48-40-92)60-80(104)88-64(4)72-23-15-8-16-24-72/h5-32,61-64H,33-60H2,1-4H3,(H,81,97)(H,82,98)(H,83,99)(H,84,100)(H,85,101)(H,86,102)(H,87,103)(H,88,104)/t61-,62-,63-,64-/m0/s1. The van der Waals surface area contributed by atoms with E-state index in [9.17, 15) is 38.4 Å². The number of carbonyl (C=O) groups excluding carboxylic acids is 8. The Morgan fingerprint density at radius 2 is 0.452 bits per heavy atom. The van der Waals surface area contributed by atoms with Crippen LogP contribution in [-0.4, -0.2) is 244 Å². The number of rotatable bonds is 16. The van der Waals surface area contributed by atoms with Gasteiger partial charge in [0.15, 0.2) is 0 Å². The Labute approximate surface area is 614 Å². The van der Waals surface area contributed by atoms with E-state index in [0.29, 0.717) is 105 Å². The van der Waals surface area contributed by atoms with Gasteiger partial charge in [-0.25, -0.2) is 0 Å². The minimum atomic E-state index is -0.232. The lowest BCUT2D eigenvalue weighted by Gasteiger charge is -2.34. The average molecular weight is 1420 g/mol. The summed E-state index contributed by atoms with van der Waals surface area (Å²) in [6.45, 7) is 16.4. The maximum atomic E-state index is 14.1. The second-order valence-electron chi connectivity index (χ2n) is 27.7. The van der Waals surface area contributed by atoms with Gasteiger partial charge in [-0.2, -0.15) is 0 Å². The number of carbonyl (C=O) groups is 8. The van der Waals surface area contributed by atoms with Gasteiger partial charge in [-0.3, -0.25) is 77.6 Å². The molecule has 16 rings (SSSR count). The van der Waals surface area contributed by atoms with Crippen molar-refractivity contribution in [2.24, 2.45) is 0 Å². The minimum Gasteiger partial charge on any atom is -0.351 e. The molecular weight excluding hydrogens is 1310 g/mol. The molecule has 2 saturated heterocycles. The lowest BCUT2D eigenvalue weighted by molar-refractivity contribution is -0.125. The molecule has 24 heteroatoms. The van der Waals surface area contributed by atoms with Gasteiger partial charge in [0.1, 0.15) is 0 Å². The second kappa shape index (κ2) is 41.9. The van der Waals surface area contributed by atoms with Crippen LogP contribution in [0.1, 0.15) is 96.4 Å². The molecule has 6 aromatic carbocycles. The zero-order chi connectivity index (χ0) is 73.4. The third kappa shape index (κ3) is 28.1. The van der Waals surface area contributed by atoms with E-state index in [4.69, 9.17) is 0 Å². The van der Waals surface area contributed by atoms with Gasteiger partial charge in [0.2, 0.25) is 47.3 Å². The Kier molecular flexibility index (Phi) is 31.8. The number of nitrogens with one attached hydrogen (secondary N) is 8. The van der Waals surface area contributed by atoms with E-state index in [-0.39, 0.29) is 150 Å². The molecule has 10 aliphatic rings. The van der Waals surface area contributed by atoms with Crippen molar-refractivity contribution in [2.75, 3.05) is 157 Å². The molecule has 556 valence electrons. The summed E-state index contributed by atoms with van der Waals surface area (Å²) >= 11 is 0. The lowest BCUT2D eigenvalue weighted by atomic mass is 10.1. The molecule has 4 atom stereocenters. The van der Waals surface area contributed by atoms with Crippen LogP contribution >= 0.6 is 0 Å². The Hall–Kier alpha value is -9.24. The van der Waals surface area contributed by atoms with Crippen LogP contribution in [0.25, 0.3) is 0 Å². The Bertz CT molecular complexity index is 3150. The maximum Gasteiger partial charge on any atom is 0.234 e. The molecule has 10 aliphatic heterocycles. The van der Waals surface area contributed by atoms with Gasteiger partial charge in [-0.05, 0) is 72.2 Å². The topological polar surface area (TPSA) is 259 Å². The summed E-state index contributed by atoms with van der Waals surface area (Å²) in [6, 6.07) is 53.7.